The normalized spacial score (nSPS) is 18.5. The van der Waals surface area contributed by atoms with Gasteiger partial charge in [-0.05, 0) is 30.7 Å². The molecule has 0 radical (unpaired) electrons. The van der Waals surface area contributed by atoms with Gasteiger partial charge in [0.05, 0.1) is 5.56 Å². The monoisotopic (exact) mass is 328 g/mol. The average molecular weight is 328 g/mol. The van der Waals surface area contributed by atoms with Crippen molar-refractivity contribution in [3.05, 3.63) is 59.3 Å². The molecule has 0 saturated carbocycles. The molecular weight excluding hydrogens is 315 g/mol. The molecule has 2 heterocycles. The maximum Gasteiger partial charge on any atom is 0.416 e. The molecular formula is C16H13F5N2. The summed E-state index contributed by atoms with van der Waals surface area (Å²) in [6, 6.07) is 5.51. The van der Waals surface area contributed by atoms with Crippen molar-refractivity contribution in [1.82, 2.24) is 4.98 Å². The van der Waals surface area contributed by atoms with Crippen molar-refractivity contribution >= 4 is 5.82 Å². The third-order valence-electron chi connectivity index (χ3n) is 3.99. The average Bonchev–Trinajstić information content (AvgIpc) is 2.96. The van der Waals surface area contributed by atoms with Gasteiger partial charge in [-0.15, -0.1) is 0 Å². The van der Waals surface area contributed by atoms with E-state index in [9.17, 15) is 22.0 Å². The second-order valence-corrected chi connectivity index (χ2v) is 5.47. The number of hydrogen-bond acceptors (Lipinski definition) is 2. The van der Waals surface area contributed by atoms with E-state index >= 15 is 0 Å². The van der Waals surface area contributed by atoms with Crippen molar-refractivity contribution in [3.63, 3.8) is 0 Å². The minimum atomic E-state index is -4.45. The highest BCUT2D eigenvalue weighted by molar-refractivity contribution is 5.44. The quantitative estimate of drug-likeness (QED) is 0.761. The topological polar surface area (TPSA) is 16.1 Å². The molecule has 2 aromatic rings. The molecule has 0 N–H and O–H groups in total. The molecule has 0 spiro atoms. The Morgan fingerprint density at radius 1 is 1.09 bits per heavy atom. The first kappa shape index (κ1) is 15.7. The van der Waals surface area contributed by atoms with Crippen LogP contribution in [0.5, 0.6) is 0 Å². The molecule has 1 unspecified atom stereocenters. The highest BCUT2D eigenvalue weighted by Crippen LogP contribution is 2.35. The van der Waals surface area contributed by atoms with E-state index in [1.165, 1.54) is 18.2 Å². The Morgan fingerprint density at radius 3 is 2.43 bits per heavy atom. The van der Waals surface area contributed by atoms with E-state index in [1.807, 2.05) is 0 Å². The highest BCUT2D eigenvalue weighted by atomic mass is 19.4. The molecule has 122 valence electrons. The van der Waals surface area contributed by atoms with E-state index in [-0.39, 0.29) is 17.9 Å². The molecule has 0 bridgehead atoms. The van der Waals surface area contributed by atoms with Crippen LogP contribution in [-0.2, 0) is 6.18 Å². The Bertz CT molecular complexity index is 694. The summed E-state index contributed by atoms with van der Waals surface area (Å²) < 4.78 is 65.9. The van der Waals surface area contributed by atoms with Gasteiger partial charge in [-0.25, -0.2) is 13.8 Å². The lowest BCUT2D eigenvalue weighted by Crippen LogP contribution is -2.21. The van der Waals surface area contributed by atoms with Gasteiger partial charge in [0, 0.05) is 30.8 Å². The summed E-state index contributed by atoms with van der Waals surface area (Å²) >= 11 is 0. The number of halogens is 5. The summed E-state index contributed by atoms with van der Waals surface area (Å²) in [6.07, 6.45) is -2.90. The SMILES string of the molecule is Fc1cccc(F)c1C1CCN(c2cc(C(F)(F)F)ccn2)C1. The number of benzene rings is 1. The minimum absolute atomic E-state index is 0.0121. The number of anilines is 1. The second kappa shape index (κ2) is 5.79. The molecule has 1 aliphatic heterocycles. The van der Waals surface area contributed by atoms with Gasteiger partial charge in [0.2, 0.25) is 0 Å². The van der Waals surface area contributed by atoms with E-state index in [1.54, 1.807) is 4.90 Å². The van der Waals surface area contributed by atoms with Gasteiger partial charge in [-0.2, -0.15) is 13.2 Å². The summed E-state index contributed by atoms with van der Waals surface area (Å²) in [4.78, 5) is 5.56. The Balaban J connectivity index is 1.83. The van der Waals surface area contributed by atoms with Gasteiger partial charge in [0.1, 0.15) is 17.5 Å². The predicted molar refractivity (Wildman–Crippen MR) is 75.2 cm³/mol. The summed E-state index contributed by atoms with van der Waals surface area (Å²) in [5.41, 5.74) is -0.801. The number of pyridine rings is 1. The lowest BCUT2D eigenvalue weighted by molar-refractivity contribution is -0.137. The van der Waals surface area contributed by atoms with E-state index in [0.717, 1.165) is 18.3 Å². The number of rotatable bonds is 2. The third kappa shape index (κ3) is 3.13. The lowest BCUT2D eigenvalue weighted by Gasteiger charge is -2.19. The Labute approximate surface area is 129 Å². The highest BCUT2D eigenvalue weighted by Gasteiger charge is 2.33. The second-order valence-electron chi connectivity index (χ2n) is 5.47. The molecule has 23 heavy (non-hydrogen) atoms. The maximum absolute atomic E-state index is 13.8. The molecule has 2 nitrogen and oxygen atoms in total. The molecule has 0 aliphatic carbocycles. The lowest BCUT2D eigenvalue weighted by atomic mass is 9.97. The molecule has 0 amide bonds. The first-order valence-electron chi connectivity index (χ1n) is 7.08. The summed E-state index contributed by atoms with van der Waals surface area (Å²) in [5, 5.41) is 0. The van der Waals surface area contributed by atoms with Crippen molar-refractivity contribution < 1.29 is 22.0 Å². The van der Waals surface area contributed by atoms with Crippen LogP contribution in [0.25, 0.3) is 0 Å². The maximum atomic E-state index is 13.8. The van der Waals surface area contributed by atoms with Crippen molar-refractivity contribution in [2.24, 2.45) is 0 Å². The zero-order valence-electron chi connectivity index (χ0n) is 11.9. The number of alkyl halides is 3. The number of aromatic nitrogens is 1. The van der Waals surface area contributed by atoms with Crippen molar-refractivity contribution in [2.75, 3.05) is 18.0 Å². The van der Waals surface area contributed by atoms with Crippen LogP contribution in [0.1, 0.15) is 23.5 Å². The smallest absolute Gasteiger partial charge is 0.356 e. The van der Waals surface area contributed by atoms with Gasteiger partial charge < -0.3 is 4.90 Å². The summed E-state index contributed by atoms with van der Waals surface area (Å²) in [7, 11) is 0. The van der Waals surface area contributed by atoms with E-state index in [2.05, 4.69) is 4.98 Å². The van der Waals surface area contributed by atoms with Gasteiger partial charge in [-0.3, -0.25) is 0 Å². The molecule has 1 aliphatic rings. The van der Waals surface area contributed by atoms with Gasteiger partial charge in [0.15, 0.2) is 0 Å². The summed E-state index contributed by atoms with van der Waals surface area (Å²) in [6.45, 7) is 0.624. The molecule has 1 saturated heterocycles. The Morgan fingerprint density at radius 2 is 1.78 bits per heavy atom. The zero-order valence-corrected chi connectivity index (χ0v) is 11.9. The van der Waals surface area contributed by atoms with Crippen LogP contribution in [0.15, 0.2) is 36.5 Å². The summed E-state index contributed by atoms with van der Waals surface area (Å²) in [5.74, 6) is -1.51. The van der Waals surface area contributed by atoms with E-state index in [0.29, 0.717) is 13.0 Å². The predicted octanol–water partition coefficient (Wildman–Crippen LogP) is 4.37. The van der Waals surface area contributed by atoms with Crippen LogP contribution in [-0.4, -0.2) is 18.1 Å². The fraction of sp³-hybridized carbons (Fsp3) is 0.312. The molecule has 1 aromatic heterocycles. The van der Waals surface area contributed by atoms with Crippen molar-refractivity contribution in [1.29, 1.82) is 0 Å². The van der Waals surface area contributed by atoms with Crippen LogP contribution in [0, 0.1) is 11.6 Å². The molecule has 1 aromatic carbocycles. The van der Waals surface area contributed by atoms with Crippen LogP contribution < -0.4 is 4.90 Å². The number of hydrogen-bond donors (Lipinski definition) is 0. The first-order valence-corrected chi connectivity index (χ1v) is 7.08. The van der Waals surface area contributed by atoms with E-state index in [4.69, 9.17) is 0 Å². The number of nitrogens with zero attached hydrogens (tertiary/aromatic N) is 2. The third-order valence-corrected chi connectivity index (χ3v) is 3.99. The van der Waals surface area contributed by atoms with Crippen LogP contribution in [0.2, 0.25) is 0 Å². The van der Waals surface area contributed by atoms with Crippen LogP contribution in [0.4, 0.5) is 27.8 Å². The Hall–Kier alpha value is -2.18. The fourth-order valence-electron chi connectivity index (χ4n) is 2.87. The molecule has 1 fully saturated rings. The zero-order chi connectivity index (χ0) is 16.6. The van der Waals surface area contributed by atoms with Gasteiger partial charge >= 0.3 is 6.18 Å². The molecule has 1 atom stereocenters. The van der Waals surface area contributed by atoms with Crippen LogP contribution >= 0.6 is 0 Å². The largest absolute Gasteiger partial charge is 0.416 e. The molecule has 3 rings (SSSR count). The first-order chi connectivity index (χ1) is 10.9. The van der Waals surface area contributed by atoms with Crippen molar-refractivity contribution in [2.45, 2.75) is 18.5 Å². The van der Waals surface area contributed by atoms with Crippen LogP contribution in [0.3, 0.4) is 0 Å². The van der Waals surface area contributed by atoms with Crippen molar-refractivity contribution in [3.8, 4) is 0 Å². The Kier molecular flexibility index (Phi) is 3.95. The fourth-order valence-corrected chi connectivity index (χ4v) is 2.87. The van der Waals surface area contributed by atoms with E-state index < -0.39 is 29.3 Å². The van der Waals surface area contributed by atoms with Gasteiger partial charge in [0.25, 0.3) is 0 Å². The molecule has 7 heteroatoms. The van der Waals surface area contributed by atoms with Gasteiger partial charge in [-0.1, -0.05) is 6.07 Å². The minimum Gasteiger partial charge on any atom is -0.356 e. The standard InChI is InChI=1S/C16H13F5N2/c17-12-2-1-3-13(18)15(12)10-5-7-23(9-10)14-8-11(4-6-22-14)16(19,20)21/h1-4,6,8,10H,5,7,9H2.